The molecule has 1 aromatic rings. The van der Waals surface area contributed by atoms with Gasteiger partial charge < -0.3 is 5.73 Å². The van der Waals surface area contributed by atoms with Crippen molar-refractivity contribution in [2.45, 2.75) is 59.4 Å². The van der Waals surface area contributed by atoms with Crippen LogP contribution in [0.1, 0.15) is 58.1 Å². The van der Waals surface area contributed by atoms with Gasteiger partial charge in [-0.15, -0.1) is 0 Å². The molecule has 0 atom stereocenters. The van der Waals surface area contributed by atoms with Gasteiger partial charge in [0, 0.05) is 5.54 Å². The molecule has 0 aromatic heterocycles. The van der Waals surface area contributed by atoms with E-state index >= 15 is 0 Å². The van der Waals surface area contributed by atoms with E-state index in [9.17, 15) is 4.39 Å². The number of hydrogen-bond acceptors (Lipinski definition) is 1. The Morgan fingerprint density at radius 1 is 0.947 bits per heavy atom. The molecule has 2 N–H and O–H groups in total. The molecule has 2 heteroatoms. The molecule has 0 saturated heterocycles. The second-order valence-electron chi connectivity index (χ2n) is 8.03. The Morgan fingerprint density at radius 3 is 1.95 bits per heavy atom. The number of nitrogens with two attached hydrogens (primary N) is 1. The highest BCUT2D eigenvalue weighted by Crippen LogP contribution is 2.52. The van der Waals surface area contributed by atoms with E-state index in [1.165, 1.54) is 0 Å². The Hall–Kier alpha value is -0.890. The lowest BCUT2D eigenvalue weighted by atomic mass is 9.57. The van der Waals surface area contributed by atoms with Gasteiger partial charge in [-0.2, -0.15) is 0 Å². The summed E-state index contributed by atoms with van der Waals surface area (Å²) < 4.78 is 13.7. The molecule has 1 fully saturated rings. The molecule has 0 aliphatic heterocycles. The highest BCUT2D eigenvalue weighted by Gasteiger charge is 2.46. The molecule has 1 nitrogen and oxygen atoms in total. The maximum absolute atomic E-state index is 13.7. The van der Waals surface area contributed by atoms with E-state index in [2.05, 4.69) is 27.7 Å². The van der Waals surface area contributed by atoms with Crippen LogP contribution in [-0.4, -0.2) is 0 Å². The molecule has 0 heterocycles. The van der Waals surface area contributed by atoms with Crippen molar-refractivity contribution in [1.82, 2.24) is 0 Å². The van der Waals surface area contributed by atoms with Crippen LogP contribution in [0.25, 0.3) is 0 Å². The Bertz CT molecular complexity index is 452. The molecular weight excluding hydrogens is 237 g/mol. The lowest BCUT2D eigenvalue weighted by molar-refractivity contribution is 0.0469. The summed E-state index contributed by atoms with van der Waals surface area (Å²) in [5.41, 5.74) is 8.56. The molecule has 1 saturated carbocycles. The lowest BCUT2D eigenvalue weighted by Crippen LogP contribution is -2.49. The van der Waals surface area contributed by atoms with Crippen molar-refractivity contribution < 1.29 is 4.39 Å². The average Bonchev–Trinajstić information content (AvgIpc) is 2.09. The summed E-state index contributed by atoms with van der Waals surface area (Å²) in [5, 5.41) is 0. The van der Waals surface area contributed by atoms with Gasteiger partial charge in [-0.05, 0) is 60.3 Å². The normalized spacial score (nSPS) is 24.2. The highest BCUT2D eigenvalue weighted by atomic mass is 19.1. The number of hydrogen-bond donors (Lipinski definition) is 1. The molecule has 1 aliphatic rings. The number of aryl methyl sites for hydroxylation is 1. The molecule has 0 unspecified atom stereocenters. The van der Waals surface area contributed by atoms with E-state index in [-0.39, 0.29) is 16.6 Å². The van der Waals surface area contributed by atoms with E-state index in [1.807, 2.05) is 13.0 Å². The van der Waals surface area contributed by atoms with Crippen LogP contribution in [0, 0.1) is 23.6 Å². The number of benzene rings is 1. The zero-order chi connectivity index (χ0) is 14.5. The fourth-order valence-corrected chi connectivity index (χ4v) is 4.42. The molecule has 0 bridgehead atoms. The molecule has 0 radical (unpaired) electrons. The van der Waals surface area contributed by atoms with Crippen LogP contribution >= 0.6 is 0 Å². The van der Waals surface area contributed by atoms with Gasteiger partial charge in [-0.1, -0.05) is 33.8 Å². The molecule has 1 aromatic carbocycles. The Morgan fingerprint density at radius 2 is 1.47 bits per heavy atom. The van der Waals surface area contributed by atoms with Crippen LogP contribution in [0.15, 0.2) is 18.2 Å². The lowest BCUT2D eigenvalue weighted by Gasteiger charge is -2.50. The third-order valence-electron chi connectivity index (χ3n) is 4.16. The maximum atomic E-state index is 13.7. The van der Waals surface area contributed by atoms with Crippen LogP contribution in [-0.2, 0) is 5.54 Å². The zero-order valence-corrected chi connectivity index (χ0v) is 12.8. The predicted molar refractivity (Wildman–Crippen MR) is 78.4 cm³/mol. The summed E-state index contributed by atoms with van der Waals surface area (Å²) in [6.45, 7) is 11.0. The van der Waals surface area contributed by atoms with Crippen molar-refractivity contribution in [2.75, 3.05) is 0 Å². The number of rotatable bonds is 1. The van der Waals surface area contributed by atoms with Crippen LogP contribution in [0.5, 0.6) is 0 Å². The summed E-state index contributed by atoms with van der Waals surface area (Å²) in [6, 6.07) is 5.22. The van der Waals surface area contributed by atoms with Crippen LogP contribution in [0.2, 0.25) is 0 Å². The minimum Gasteiger partial charge on any atom is -0.321 e. The number of halogens is 1. The van der Waals surface area contributed by atoms with Gasteiger partial charge in [0.25, 0.3) is 0 Å². The summed E-state index contributed by atoms with van der Waals surface area (Å²) in [7, 11) is 0. The predicted octanol–water partition coefficient (Wildman–Crippen LogP) is 4.52. The standard InChI is InChI=1S/C17H26FN/c1-12-6-13(8-14(18)7-12)17(19)10-15(2,3)9-16(4,5)11-17/h6-8H,9-11,19H2,1-5H3. The first kappa shape index (κ1) is 14.5. The first-order valence-electron chi connectivity index (χ1n) is 7.08. The van der Waals surface area contributed by atoms with E-state index in [4.69, 9.17) is 5.73 Å². The topological polar surface area (TPSA) is 26.0 Å². The van der Waals surface area contributed by atoms with Crippen molar-refractivity contribution in [2.24, 2.45) is 16.6 Å². The van der Waals surface area contributed by atoms with Crippen molar-refractivity contribution >= 4 is 0 Å². The molecule has 1 aliphatic carbocycles. The molecular formula is C17H26FN. The van der Waals surface area contributed by atoms with Crippen molar-refractivity contribution in [3.05, 3.63) is 35.1 Å². The largest absolute Gasteiger partial charge is 0.321 e. The Kier molecular flexibility index (Phi) is 3.29. The molecule has 0 spiro atoms. The molecule has 2 rings (SSSR count). The first-order valence-corrected chi connectivity index (χ1v) is 7.08. The van der Waals surface area contributed by atoms with Crippen LogP contribution in [0.4, 0.5) is 4.39 Å². The summed E-state index contributed by atoms with van der Waals surface area (Å²) in [5.74, 6) is -0.180. The second kappa shape index (κ2) is 4.31. The van der Waals surface area contributed by atoms with Gasteiger partial charge >= 0.3 is 0 Å². The minimum absolute atomic E-state index is 0.180. The van der Waals surface area contributed by atoms with Crippen molar-refractivity contribution in [1.29, 1.82) is 0 Å². The van der Waals surface area contributed by atoms with Crippen molar-refractivity contribution in [3.8, 4) is 0 Å². The van der Waals surface area contributed by atoms with Crippen molar-refractivity contribution in [3.63, 3.8) is 0 Å². The van der Waals surface area contributed by atoms with Crippen LogP contribution < -0.4 is 5.73 Å². The van der Waals surface area contributed by atoms with Crippen LogP contribution in [0.3, 0.4) is 0 Å². The van der Waals surface area contributed by atoms with Gasteiger partial charge in [0.1, 0.15) is 5.82 Å². The SMILES string of the molecule is Cc1cc(F)cc(C2(N)CC(C)(C)CC(C)(C)C2)c1. The zero-order valence-electron chi connectivity index (χ0n) is 12.8. The monoisotopic (exact) mass is 263 g/mol. The third kappa shape index (κ3) is 3.17. The Balaban J connectivity index is 2.46. The summed E-state index contributed by atoms with van der Waals surface area (Å²) >= 11 is 0. The smallest absolute Gasteiger partial charge is 0.123 e. The molecule has 0 amide bonds. The first-order chi connectivity index (χ1) is 8.51. The summed E-state index contributed by atoms with van der Waals surface area (Å²) in [4.78, 5) is 0. The van der Waals surface area contributed by atoms with Gasteiger partial charge in [-0.25, -0.2) is 4.39 Å². The third-order valence-corrected chi connectivity index (χ3v) is 4.16. The molecule has 106 valence electrons. The average molecular weight is 263 g/mol. The minimum atomic E-state index is -0.419. The van der Waals surface area contributed by atoms with E-state index in [1.54, 1.807) is 12.1 Å². The van der Waals surface area contributed by atoms with Gasteiger partial charge in [-0.3, -0.25) is 0 Å². The highest BCUT2D eigenvalue weighted by molar-refractivity contribution is 5.31. The maximum Gasteiger partial charge on any atom is 0.123 e. The fraction of sp³-hybridized carbons (Fsp3) is 0.647. The van der Waals surface area contributed by atoms with Gasteiger partial charge in [0.05, 0.1) is 0 Å². The van der Waals surface area contributed by atoms with Gasteiger partial charge in [0.15, 0.2) is 0 Å². The fourth-order valence-electron chi connectivity index (χ4n) is 4.42. The summed E-state index contributed by atoms with van der Waals surface area (Å²) in [6.07, 6.45) is 2.98. The van der Waals surface area contributed by atoms with E-state index in [0.29, 0.717) is 0 Å². The molecule has 19 heavy (non-hydrogen) atoms. The van der Waals surface area contributed by atoms with E-state index < -0.39 is 5.54 Å². The quantitative estimate of drug-likeness (QED) is 0.791. The Labute approximate surface area is 116 Å². The van der Waals surface area contributed by atoms with E-state index in [0.717, 1.165) is 30.4 Å². The second-order valence-corrected chi connectivity index (χ2v) is 8.03. The van der Waals surface area contributed by atoms with Gasteiger partial charge in [0.2, 0.25) is 0 Å².